The normalized spacial score (nSPS) is 11.9. The molecule has 5 heteroatoms. The molecule has 0 radical (unpaired) electrons. The molecule has 0 aliphatic carbocycles. The number of hydrogen-bond donors (Lipinski definition) is 2. The second-order valence-electron chi connectivity index (χ2n) is 4.20. The van der Waals surface area contributed by atoms with E-state index in [1.165, 1.54) is 38.5 Å². The number of unbranched alkanes of at least 4 members (excludes halogenated alkanes) is 7. The molecule has 98 valence electrons. The van der Waals surface area contributed by atoms with Crippen LogP contribution < -0.4 is 5.32 Å². The minimum atomic E-state index is -3.84. The summed E-state index contributed by atoms with van der Waals surface area (Å²) >= 11 is 0. The van der Waals surface area contributed by atoms with Crippen LogP contribution in [0.15, 0.2) is 0 Å². The van der Waals surface area contributed by atoms with E-state index in [-0.39, 0.29) is 5.88 Å². The molecule has 0 unspecified atom stereocenters. The molecule has 0 saturated heterocycles. The summed E-state index contributed by atoms with van der Waals surface area (Å²) in [6, 6.07) is 0. The lowest BCUT2D eigenvalue weighted by Crippen LogP contribution is -2.23. The average molecular weight is 251 g/mol. The van der Waals surface area contributed by atoms with Crippen molar-refractivity contribution in [2.24, 2.45) is 0 Å². The zero-order valence-electron chi connectivity index (χ0n) is 10.2. The Morgan fingerprint density at radius 2 is 1.44 bits per heavy atom. The van der Waals surface area contributed by atoms with E-state index in [2.05, 4.69) is 12.2 Å². The number of hydrogen-bond acceptors (Lipinski definition) is 3. The van der Waals surface area contributed by atoms with E-state index in [1.54, 1.807) is 0 Å². The molecule has 0 heterocycles. The summed E-state index contributed by atoms with van der Waals surface area (Å²) in [4.78, 5) is 0. The fraction of sp³-hybridized carbons (Fsp3) is 1.00. The number of rotatable bonds is 11. The smallest absolute Gasteiger partial charge is 0.278 e. The van der Waals surface area contributed by atoms with Crippen molar-refractivity contribution in [2.45, 2.75) is 58.3 Å². The Kier molecular flexibility index (Phi) is 9.97. The molecule has 0 atom stereocenters. The van der Waals surface area contributed by atoms with Crippen LogP contribution >= 0.6 is 0 Å². The Balaban J connectivity index is 3.05. The van der Waals surface area contributed by atoms with E-state index < -0.39 is 10.1 Å². The zero-order valence-corrected chi connectivity index (χ0v) is 11.1. The third kappa shape index (κ3) is 13.9. The molecule has 0 aliphatic heterocycles. The molecule has 0 aliphatic rings. The minimum absolute atomic E-state index is 0.330. The summed E-state index contributed by atoms with van der Waals surface area (Å²) in [6.45, 7) is 2.87. The fourth-order valence-corrected chi connectivity index (χ4v) is 1.99. The Morgan fingerprint density at radius 1 is 0.938 bits per heavy atom. The van der Waals surface area contributed by atoms with Gasteiger partial charge in [-0.15, -0.1) is 0 Å². The quantitative estimate of drug-likeness (QED) is 0.437. The van der Waals surface area contributed by atoms with Crippen molar-refractivity contribution in [3.05, 3.63) is 0 Å². The van der Waals surface area contributed by atoms with Crippen LogP contribution in [-0.2, 0) is 10.1 Å². The first-order valence-corrected chi connectivity index (χ1v) is 7.83. The van der Waals surface area contributed by atoms with Crippen molar-refractivity contribution in [3.63, 3.8) is 0 Å². The van der Waals surface area contributed by atoms with Gasteiger partial charge in [-0.05, 0) is 13.0 Å². The molecule has 16 heavy (non-hydrogen) atoms. The summed E-state index contributed by atoms with van der Waals surface area (Å²) in [5.74, 6) is -0.330. The van der Waals surface area contributed by atoms with Crippen molar-refractivity contribution < 1.29 is 13.0 Å². The topological polar surface area (TPSA) is 66.4 Å². The fourth-order valence-electron chi connectivity index (χ4n) is 1.59. The summed E-state index contributed by atoms with van der Waals surface area (Å²) in [5, 5.41) is 2.70. The molecular formula is C11H25NO3S. The molecule has 0 aromatic carbocycles. The summed E-state index contributed by atoms with van der Waals surface area (Å²) in [7, 11) is -3.84. The van der Waals surface area contributed by atoms with Gasteiger partial charge >= 0.3 is 0 Å². The van der Waals surface area contributed by atoms with E-state index in [9.17, 15) is 8.42 Å². The molecule has 0 fully saturated rings. The highest BCUT2D eigenvalue weighted by molar-refractivity contribution is 7.85. The van der Waals surface area contributed by atoms with E-state index in [4.69, 9.17) is 4.55 Å². The Morgan fingerprint density at radius 3 is 1.94 bits per heavy atom. The maximum Gasteiger partial charge on any atom is 0.278 e. The monoisotopic (exact) mass is 251 g/mol. The van der Waals surface area contributed by atoms with Gasteiger partial charge in [-0.1, -0.05) is 51.9 Å². The maximum atomic E-state index is 10.4. The van der Waals surface area contributed by atoms with Crippen molar-refractivity contribution in [3.8, 4) is 0 Å². The van der Waals surface area contributed by atoms with Gasteiger partial charge in [-0.3, -0.25) is 4.55 Å². The molecular weight excluding hydrogens is 226 g/mol. The van der Waals surface area contributed by atoms with Gasteiger partial charge in [-0.25, -0.2) is 0 Å². The largest absolute Gasteiger partial charge is 0.302 e. The molecule has 0 aromatic heterocycles. The number of nitrogens with one attached hydrogen (secondary N) is 1. The second-order valence-corrected chi connectivity index (χ2v) is 5.65. The molecule has 0 spiro atoms. The molecule has 4 nitrogen and oxygen atoms in total. The molecule has 0 rings (SSSR count). The maximum absolute atomic E-state index is 10.4. The van der Waals surface area contributed by atoms with Crippen molar-refractivity contribution >= 4 is 10.1 Å². The van der Waals surface area contributed by atoms with Crippen molar-refractivity contribution in [2.75, 3.05) is 12.4 Å². The van der Waals surface area contributed by atoms with Crippen LogP contribution in [0.4, 0.5) is 0 Å². The Hall–Kier alpha value is -0.130. The first kappa shape index (κ1) is 15.9. The second kappa shape index (κ2) is 10.1. The lowest BCUT2D eigenvalue weighted by atomic mass is 10.1. The first-order chi connectivity index (χ1) is 7.56. The van der Waals surface area contributed by atoms with Crippen LogP contribution in [0.1, 0.15) is 58.3 Å². The average Bonchev–Trinajstić information content (AvgIpc) is 2.19. The van der Waals surface area contributed by atoms with Gasteiger partial charge in [0.1, 0.15) is 5.88 Å². The molecule has 2 N–H and O–H groups in total. The molecule has 0 aromatic rings. The van der Waals surface area contributed by atoms with Gasteiger partial charge in [0.05, 0.1) is 0 Å². The Bertz CT molecular complexity index is 240. The summed E-state index contributed by atoms with van der Waals surface area (Å²) < 4.78 is 29.2. The van der Waals surface area contributed by atoms with Crippen LogP contribution in [0.25, 0.3) is 0 Å². The van der Waals surface area contributed by atoms with Gasteiger partial charge in [0.2, 0.25) is 0 Å². The third-order valence-electron chi connectivity index (χ3n) is 2.49. The van der Waals surface area contributed by atoms with Crippen molar-refractivity contribution in [1.29, 1.82) is 0 Å². The zero-order chi connectivity index (χ0) is 12.3. The SMILES string of the molecule is CCCCCCCCCCNCS(=O)(=O)O. The van der Waals surface area contributed by atoms with Crippen LogP contribution in [0, 0.1) is 0 Å². The van der Waals surface area contributed by atoms with Gasteiger partial charge < -0.3 is 5.32 Å². The van der Waals surface area contributed by atoms with E-state index in [1.807, 2.05) is 0 Å². The van der Waals surface area contributed by atoms with Gasteiger partial charge in [0, 0.05) is 0 Å². The standard InChI is InChI=1S/C11H25NO3S/c1-2-3-4-5-6-7-8-9-10-12-11-16(13,14)15/h12H,2-11H2,1H3,(H,13,14,15). The minimum Gasteiger partial charge on any atom is -0.302 e. The van der Waals surface area contributed by atoms with Crippen LogP contribution in [0.5, 0.6) is 0 Å². The summed E-state index contributed by atoms with van der Waals surface area (Å²) in [6.07, 6.45) is 9.85. The van der Waals surface area contributed by atoms with E-state index in [0.29, 0.717) is 6.54 Å². The highest BCUT2D eigenvalue weighted by Crippen LogP contribution is 2.07. The van der Waals surface area contributed by atoms with Gasteiger partial charge in [0.25, 0.3) is 10.1 Å². The predicted octanol–water partition coefficient (Wildman–Crippen LogP) is 2.56. The lowest BCUT2D eigenvalue weighted by Gasteiger charge is -2.03. The summed E-state index contributed by atoms with van der Waals surface area (Å²) in [5.41, 5.74) is 0. The predicted molar refractivity (Wildman–Crippen MR) is 67.0 cm³/mol. The Labute approximate surface area is 99.6 Å². The lowest BCUT2D eigenvalue weighted by molar-refractivity contribution is 0.474. The molecule has 0 saturated carbocycles. The van der Waals surface area contributed by atoms with E-state index >= 15 is 0 Å². The van der Waals surface area contributed by atoms with Crippen molar-refractivity contribution in [1.82, 2.24) is 5.32 Å². The highest BCUT2D eigenvalue weighted by Gasteiger charge is 2.01. The molecule has 0 bridgehead atoms. The first-order valence-electron chi connectivity index (χ1n) is 6.22. The third-order valence-corrected chi connectivity index (χ3v) is 3.06. The highest BCUT2D eigenvalue weighted by atomic mass is 32.2. The van der Waals surface area contributed by atoms with Gasteiger partial charge in [-0.2, -0.15) is 8.42 Å². The molecule has 0 amide bonds. The van der Waals surface area contributed by atoms with Crippen LogP contribution in [-0.4, -0.2) is 25.4 Å². The van der Waals surface area contributed by atoms with Crippen LogP contribution in [0.3, 0.4) is 0 Å². The van der Waals surface area contributed by atoms with E-state index in [0.717, 1.165) is 12.8 Å². The van der Waals surface area contributed by atoms with Crippen LogP contribution in [0.2, 0.25) is 0 Å². The van der Waals surface area contributed by atoms with Gasteiger partial charge in [0.15, 0.2) is 0 Å².